The molecule has 1 saturated heterocycles. The average molecular weight is 191 g/mol. The Morgan fingerprint density at radius 2 is 2.21 bits per heavy atom. The number of rotatable bonds is 3. The van der Waals surface area contributed by atoms with Crippen molar-refractivity contribution < 1.29 is 0 Å². The highest BCUT2D eigenvalue weighted by Crippen LogP contribution is 2.30. The molecule has 0 spiro atoms. The van der Waals surface area contributed by atoms with Crippen LogP contribution in [-0.4, -0.2) is 29.5 Å². The smallest absolute Gasteiger partial charge is 0.0350 e. The lowest BCUT2D eigenvalue weighted by molar-refractivity contribution is 0.264. The fourth-order valence-corrected chi connectivity index (χ4v) is 2.22. The van der Waals surface area contributed by atoms with Crippen molar-refractivity contribution in [1.82, 2.24) is 9.88 Å². The van der Waals surface area contributed by atoms with Crippen LogP contribution in [0.2, 0.25) is 0 Å². The van der Waals surface area contributed by atoms with Crippen molar-refractivity contribution in [1.29, 1.82) is 0 Å². The standard InChI is InChI=1S/C11H17N3/c12-5-9-14-8-1-2-11(14)10-3-6-13-7-4-10/h3-4,6-7,11H,1-2,5,8-9,12H2. The third kappa shape index (κ3) is 1.94. The minimum atomic E-state index is 0.571. The Hall–Kier alpha value is -0.930. The number of aromatic nitrogens is 1. The first kappa shape index (κ1) is 9.62. The summed E-state index contributed by atoms with van der Waals surface area (Å²) in [5.41, 5.74) is 6.98. The molecule has 1 fully saturated rings. The van der Waals surface area contributed by atoms with Crippen LogP contribution < -0.4 is 5.73 Å². The molecule has 0 amide bonds. The highest BCUT2D eigenvalue weighted by atomic mass is 15.2. The molecule has 1 aliphatic heterocycles. The van der Waals surface area contributed by atoms with E-state index < -0.39 is 0 Å². The second-order valence-electron chi connectivity index (χ2n) is 3.76. The predicted molar refractivity (Wildman–Crippen MR) is 56.8 cm³/mol. The highest BCUT2D eigenvalue weighted by molar-refractivity contribution is 5.16. The van der Waals surface area contributed by atoms with Gasteiger partial charge in [-0.15, -0.1) is 0 Å². The molecule has 3 heteroatoms. The number of hydrogen-bond acceptors (Lipinski definition) is 3. The topological polar surface area (TPSA) is 42.1 Å². The van der Waals surface area contributed by atoms with Crippen molar-refractivity contribution in [3.63, 3.8) is 0 Å². The molecule has 1 aromatic rings. The molecule has 2 rings (SSSR count). The van der Waals surface area contributed by atoms with E-state index in [9.17, 15) is 0 Å². The summed E-state index contributed by atoms with van der Waals surface area (Å²) in [6.45, 7) is 2.94. The Bertz CT molecular complexity index is 273. The molecule has 1 aromatic heterocycles. The van der Waals surface area contributed by atoms with Crippen LogP contribution in [0.5, 0.6) is 0 Å². The molecule has 0 saturated carbocycles. The molecule has 0 radical (unpaired) electrons. The van der Waals surface area contributed by atoms with E-state index in [4.69, 9.17) is 5.73 Å². The normalized spacial score (nSPS) is 22.8. The lowest BCUT2D eigenvalue weighted by Crippen LogP contribution is -2.29. The quantitative estimate of drug-likeness (QED) is 0.780. The van der Waals surface area contributed by atoms with E-state index in [2.05, 4.69) is 22.0 Å². The molecular weight excluding hydrogens is 174 g/mol. The molecule has 2 N–H and O–H groups in total. The summed E-state index contributed by atoms with van der Waals surface area (Å²) in [6, 6.07) is 4.79. The van der Waals surface area contributed by atoms with Crippen LogP contribution in [0.15, 0.2) is 24.5 Å². The van der Waals surface area contributed by atoms with Gasteiger partial charge in [-0.2, -0.15) is 0 Å². The van der Waals surface area contributed by atoms with Crippen LogP contribution in [0, 0.1) is 0 Å². The average Bonchev–Trinajstić information content (AvgIpc) is 2.68. The minimum absolute atomic E-state index is 0.571. The highest BCUT2D eigenvalue weighted by Gasteiger charge is 2.24. The Balaban J connectivity index is 2.10. The monoisotopic (exact) mass is 191 g/mol. The Morgan fingerprint density at radius 3 is 2.93 bits per heavy atom. The maximum absolute atomic E-state index is 5.59. The first-order valence-electron chi connectivity index (χ1n) is 5.26. The van der Waals surface area contributed by atoms with Crippen LogP contribution in [0.4, 0.5) is 0 Å². The summed E-state index contributed by atoms with van der Waals surface area (Å²) in [5.74, 6) is 0. The summed E-state index contributed by atoms with van der Waals surface area (Å²) in [4.78, 5) is 6.51. The van der Waals surface area contributed by atoms with Gasteiger partial charge in [0.25, 0.3) is 0 Å². The van der Waals surface area contributed by atoms with E-state index in [0.717, 1.165) is 13.1 Å². The first-order valence-corrected chi connectivity index (χ1v) is 5.26. The van der Waals surface area contributed by atoms with Crippen molar-refractivity contribution in [2.45, 2.75) is 18.9 Å². The van der Waals surface area contributed by atoms with Gasteiger partial charge in [-0.3, -0.25) is 9.88 Å². The van der Waals surface area contributed by atoms with E-state index in [-0.39, 0.29) is 0 Å². The van der Waals surface area contributed by atoms with Gasteiger partial charge in [-0.05, 0) is 37.1 Å². The third-order valence-corrected chi connectivity index (χ3v) is 2.87. The fourth-order valence-electron chi connectivity index (χ4n) is 2.22. The third-order valence-electron chi connectivity index (χ3n) is 2.87. The zero-order valence-corrected chi connectivity index (χ0v) is 8.39. The summed E-state index contributed by atoms with van der Waals surface area (Å²) in [7, 11) is 0. The van der Waals surface area contributed by atoms with Gasteiger partial charge in [-0.25, -0.2) is 0 Å². The lowest BCUT2D eigenvalue weighted by Gasteiger charge is -2.23. The van der Waals surface area contributed by atoms with Crippen LogP contribution in [0.25, 0.3) is 0 Å². The summed E-state index contributed by atoms with van der Waals surface area (Å²) >= 11 is 0. The molecule has 1 aliphatic rings. The largest absolute Gasteiger partial charge is 0.329 e. The van der Waals surface area contributed by atoms with E-state index in [1.54, 1.807) is 0 Å². The second kappa shape index (κ2) is 4.53. The maximum Gasteiger partial charge on any atom is 0.0350 e. The Labute approximate surface area is 84.9 Å². The van der Waals surface area contributed by atoms with E-state index in [1.807, 2.05) is 12.4 Å². The van der Waals surface area contributed by atoms with Crippen LogP contribution >= 0.6 is 0 Å². The zero-order chi connectivity index (χ0) is 9.80. The van der Waals surface area contributed by atoms with Gasteiger partial charge in [0.15, 0.2) is 0 Å². The predicted octanol–water partition coefficient (Wildman–Crippen LogP) is 1.18. The fraction of sp³-hybridized carbons (Fsp3) is 0.545. The van der Waals surface area contributed by atoms with Gasteiger partial charge in [0.2, 0.25) is 0 Å². The summed E-state index contributed by atoms with van der Waals surface area (Å²) < 4.78 is 0. The van der Waals surface area contributed by atoms with E-state index in [1.165, 1.54) is 24.9 Å². The van der Waals surface area contributed by atoms with Gasteiger partial charge < -0.3 is 5.73 Å². The van der Waals surface area contributed by atoms with E-state index >= 15 is 0 Å². The summed E-state index contributed by atoms with van der Waals surface area (Å²) in [5, 5.41) is 0. The molecule has 0 aromatic carbocycles. The van der Waals surface area contributed by atoms with Crippen LogP contribution in [-0.2, 0) is 0 Å². The van der Waals surface area contributed by atoms with Crippen LogP contribution in [0.3, 0.4) is 0 Å². The SMILES string of the molecule is NCCN1CCCC1c1ccncc1. The number of pyridine rings is 1. The maximum atomic E-state index is 5.59. The second-order valence-corrected chi connectivity index (χ2v) is 3.76. The molecule has 0 bridgehead atoms. The van der Waals surface area contributed by atoms with Gasteiger partial charge in [-0.1, -0.05) is 0 Å². The lowest BCUT2D eigenvalue weighted by atomic mass is 10.1. The van der Waals surface area contributed by atoms with Gasteiger partial charge in [0, 0.05) is 31.5 Å². The van der Waals surface area contributed by atoms with Crippen molar-refractivity contribution in [2.24, 2.45) is 5.73 Å². The van der Waals surface area contributed by atoms with E-state index in [0.29, 0.717) is 6.04 Å². The molecular formula is C11H17N3. The first-order chi connectivity index (χ1) is 6.92. The molecule has 1 atom stereocenters. The van der Waals surface area contributed by atoms with Crippen molar-refractivity contribution in [2.75, 3.05) is 19.6 Å². The van der Waals surface area contributed by atoms with Crippen molar-refractivity contribution >= 4 is 0 Å². The number of nitrogens with two attached hydrogens (primary N) is 1. The molecule has 2 heterocycles. The van der Waals surface area contributed by atoms with Crippen LogP contribution in [0.1, 0.15) is 24.4 Å². The zero-order valence-electron chi connectivity index (χ0n) is 8.39. The van der Waals surface area contributed by atoms with Gasteiger partial charge in [0.1, 0.15) is 0 Å². The molecule has 0 aliphatic carbocycles. The van der Waals surface area contributed by atoms with Crippen molar-refractivity contribution in [3.05, 3.63) is 30.1 Å². The molecule has 1 unspecified atom stereocenters. The molecule has 14 heavy (non-hydrogen) atoms. The minimum Gasteiger partial charge on any atom is -0.329 e. The number of likely N-dealkylation sites (tertiary alicyclic amines) is 1. The molecule has 76 valence electrons. The number of hydrogen-bond donors (Lipinski definition) is 1. The Morgan fingerprint density at radius 1 is 1.43 bits per heavy atom. The summed E-state index contributed by atoms with van der Waals surface area (Å²) in [6.07, 6.45) is 6.28. The van der Waals surface area contributed by atoms with Gasteiger partial charge in [0.05, 0.1) is 0 Å². The Kier molecular flexibility index (Phi) is 3.11. The van der Waals surface area contributed by atoms with Crippen molar-refractivity contribution in [3.8, 4) is 0 Å². The molecule has 3 nitrogen and oxygen atoms in total. The number of nitrogens with zero attached hydrogens (tertiary/aromatic N) is 2. The van der Waals surface area contributed by atoms with Gasteiger partial charge >= 0.3 is 0 Å².